The molecule has 0 saturated carbocycles. The van der Waals surface area contributed by atoms with Crippen molar-refractivity contribution in [3.63, 3.8) is 0 Å². The Morgan fingerprint density at radius 3 is 2.76 bits per heavy atom. The maximum Gasteiger partial charge on any atom is 0.275 e. The van der Waals surface area contributed by atoms with E-state index < -0.39 is 6.10 Å². The first-order chi connectivity index (χ1) is 15.9. The number of aliphatic hydroxyl groups excluding tert-OH is 1. The minimum atomic E-state index is -0.455. The molecule has 172 valence electrons. The number of rotatable bonds is 8. The van der Waals surface area contributed by atoms with E-state index in [1.807, 2.05) is 28.8 Å². The molecular formula is C23H25BrN6O3. The molecule has 0 aliphatic heterocycles. The molecule has 10 heteroatoms. The fourth-order valence-corrected chi connectivity index (χ4v) is 4.23. The molecule has 0 radical (unpaired) electrons. The molecule has 3 heterocycles. The highest BCUT2D eigenvalue weighted by Crippen LogP contribution is 2.22. The number of imidazole rings is 1. The largest absolute Gasteiger partial charge is 0.393 e. The Morgan fingerprint density at radius 2 is 2.03 bits per heavy atom. The first-order valence-electron chi connectivity index (χ1n) is 10.6. The predicted molar refractivity (Wildman–Crippen MR) is 131 cm³/mol. The van der Waals surface area contributed by atoms with Crippen LogP contribution in [0.3, 0.4) is 0 Å². The molecular weight excluding hydrogens is 488 g/mol. The Hall–Kier alpha value is -3.24. The van der Waals surface area contributed by atoms with Gasteiger partial charge < -0.3 is 14.8 Å². The number of fused-ring (bicyclic) bond motifs is 1. The Kier molecular flexibility index (Phi) is 6.75. The van der Waals surface area contributed by atoms with Crippen LogP contribution in [-0.2, 0) is 13.6 Å². The molecule has 0 aliphatic carbocycles. The molecule has 33 heavy (non-hydrogen) atoms. The van der Waals surface area contributed by atoms with E-state index in [0.29, 0.717) is 47.8 Å². The Balaban J connectivity index is 1.65. The SMILES string of the molecule is Cc1cc(C(=O)Nc2nc3ccccc3n2CCC(O)CCBr)cc(-c2c[nH]n(C)c2=O)n1. The van der Waals surface area contributed by atoms with Crippen LogP contribution in [0.1, 0.15) is 28.9 Å². The third-order valence-corrected chi connectivity index (χ3v) is 5.90. The molecule has 3 aromatic heterocycles. The summed E-state index contributed by atoms with van der Waals surface area (Å²) >= 11 is 3.35. The second-order valence-corrected chi connectivity index (χ2v) is 8.68. The molecule has 1 aromatic carbocycles. The number of nitrogens with zero attached hydrogens (tertiary/aromatic N) is 4. The summed E-state index contributed by atoms with van der Waals surface area (Å²) in [5.41, 5.74) is 3.22. The summed E-state index contributed by atoms with van der Waals surface area (Å²) in [6.45, 7) is 2.28. The lowest BCUT2D eigenvalue weighted by atomic mass is 10.1. The van der Waals surface area contributed by atoms with Crippen molar-refractivity contribution in [3.05, 3.63) is 64.2 Å². The smallest absolute Gasteiger partial charge is 0.275 e. The zero-order valence-corrected chi connectivity index (χ0v) is 20.0. The highest BCUT2D eigenvalue weighted by atomic mass is 79.9. The maximum atomic E-state index is 13.2. The average molecular weight is 513 g/mol. The van der Waals surface area contributed by atoms with Gasteiger partial charge in [-0.2, -0.15) is 0 Å². The van der Waals surface area contributed by atoms with E-state index in [-0.39, 0.29) is 11.5 Å². The van der Waals surface area contributed by atoms with E-state index in [2.05, 4.69) is 36.3 Å². The van der Waals surface area contributed by atoms with Crippen molar-refractivity contribution in [2.45, 2.75) is 32.4 Å². The summed E-state index contributed by atoms with van der Waals surface area (Å²) in [5, 5.41) is 16.6. The molecule has 9 nitrogen and oxygen atoms in total. The number of hydrogen-bond donors (Lipinski definition) is 3. The van der Waals surface area contributed by atoms with Gasteiger partial charge in [0.15, 0.2) is 0 Å². The van der Waals surface area contributed by atoms with Gasteiger partial charge in [0, 0.05) is 36.4 Å². The van der Waals surface area contributed by atoms with Crippen LogP contribution >= 0.6 is 15.9 Å². The first-order valence-corrected chi connectivity index (χ1v) is 11.7. The van der Waals surface area contributed by atoms with Crippen molar-refractivity contribution in [2.75, 3.05) is 10.6 Å². The third-order valence-electron chi connectivity index (χ3n) is 5.44. The van der Waals surface area contributed by atoms with Gasteiger partial charge in [-0.1, -0.05) is 28.1 Å². The average Bonchev–Trinajstić information content (AvgIpc) is 3.31. The number of anilines is 1. The molecule has 0 bridgehead atoms. The van der Waals surface area contributed by atoms with Gasteiger partial charge in [0.2, 0.25) is 5.95 Å². The number of aliphatic hydroxyl groups is 1. The molecule has 0 saturated heterocycles. The lowest BCUT2D eigenvalue weighted by molar-refractivity contribution is 0.102. The van der Waals surface area contributed by atoms with Gasteiger partial charge in [0.25, 0.3) is 11.5 Å². The van der Waals surface area contributed by atoms with Gasteiger partial charge in [-0.05, 0) is 44.0 Å². The van der Waals surface area contributed by atoms with E-state index in [0.717, 1.165) is 16.4 Å². The quantitative estimate of drug-likeness (QED) is 0.313. The van der Waals surface area contributed by atoms with Crippen molar-refractivity contribution >= 4 is 38.8 Å². The molecule has 1 atom stereocenters. The van der Waals surface area contributed by atoms with Crippen LogP contribution in [0.15, 0.2) is 47.4 Å². The number of alkyl halides is 1. The molecule has 0 fully saturated rings. The summed E-state index contributed by atoms with van der Waals surface area (Å²) < 4.78 is 3.26. The summed E-state index contributed by atoms with van der Waals surface area (Å²) in [6, 6.07) is 10.9. The summed E-state index contributed by atoms with van der Waals surface area (Å²) in [7, 11) is 1.62. The number of halogens is 1. The van der Waals surface area contributed by atoms with Crippen LogP contribution < -0.4 is 10.9 Å². The van der Waals surface area contributed by atoms with Crippen molar-refractivity contribution in [1.82, 2.24) is 24.3 Å². The lowest BCUT2D eigenvalue weighted by Gasteiger charge is -2.13. The predicted octanol–water partition coefficient (Wildman–Crippen LogP) is 3.22. The first kappa shape index (κ1) is 22.9. The number of aromatic nitrogens is 5. The molecule has 4 rings (SSSR count). The number of amides is 1. The standard InChI is InChI=1S/C23H25BrN6O3/c1-14-11-15(12-19(26-14)17-13-25-29(2)22(17)33)21(32)28-23-27-18-5-3-4-6-20(18)30(23)10-8-16(31)7-9-24/h3-6,11-13,16,25,31H,7-10H2,1-2H3,(H,27,28,32). The number of pyridine rings is 1. The Morgan fingerprint density at radius 1 is 1.24 bits per heavy atom. The number of carbonyl (C=O) groups is 1. The fraction of sp³-hybridized carbons (Fsp3) is 0.304. The van der Waals surface area contributed by atoms with E-state index in [4.69, 9.17) is 0 Å². The van der Waals surface area contributed by atoms with Crippen LogP contribution in [0.2, 0.25) is 0 Å². The number of hydrogen-bond acceptors (Lipinski definition) is 5. The fourth-order valence-electron chi connectivity index (χ4n) is 3.70. The molecule has 3 N–H and O–H groups in total. The van der Waals surface area contributed by atoms with Gasteiger partial charge in [-0.25, -0.2) is 4.98 Å². The molecule has 0 spiro atoms. The zero-order chi connectivity index (χ0) is 23.5. The third kappa shape index (κ3) is 4.91. The number of benzene rings is 1. The van der Waals surface area contributed by atoms with Gasteiger partial charge >= 0.3 is 0 Å². The monoisotopic (exact) mass is 512 g/mol. The topological polar surface area (TPSA) is 118 Å². The number of para-hydroxylation sites is 2. The van der Waals surface area contributed by atoms with Crippen molar-refractivity contribution in [3.8, 4) is 11.3 Å². The maximum absolute atomic E-state index is 13.2. The Bertz CT molecular complexity index is 1360. The van der Waals surface area contributed by atoms with Gasteiger partial charge in [0.1, 0.15) is 0 Å². The van der Waals surface area contributed by atoms with Crippen molar-refractivity contribution < 1.29 is 9.90 Å². The summed E-state index contributed by atoms with van der Waals surface area (Å²) in [5.74, 6) is 0.0486. The highest BCUT2D eigenvalue weighted by Gasteiger charge is 2.18. The second-order valence-electron chi connectivity index (χ2n) is 7.88. The van der Waals surface area contributed by atoms with Gasteiger partial charge in [-0.3, -0.25) is 24.6 Å². The molecule has 1 amide bonds. The summed E-state index contributed by atoms with van der Waals surface area (Å²) in [4.78, 5) is 34.5. The van der Waals surface area contributed by atoms with Crippen molar-refractivity contribution in [2.24, 2.45) is 7.05 Å². The number of aromatic amines is 1. The number of H-pyrrole nitrogens is 1. The van der Waals surface area contributed by atoms with E-state index in [1.165, 1.54) is 4.68 Å². The lowest BCUT2D eigenvalue weighted by Crippen LogP contribution is -2.19. The number of nitrogens with one attached hydrogen (secondary N) is 2. The summed E-state index contributed by atoms with van der Waals surface area (Å²) in [6.07, 6.45) is 2.29. The normalized spacial score (nSPS) is 12.2. The van der Waals surface area contributed by atoms with E-state index in [9.17, 15) is 14.7 Å². The van der Waals surface area contributed by atoms with E-state index >= 15 is 0 Å². The van der Waals surface area contributed by atoms with E-state index in [1.54, 1.807) is 32.3 Å². The number of aryl methyl sites for hydroxylation is 3. The van der Waals surface area contributed by atoms with Crippen LogP contribution in [0.5, 0.6) is 0 Å². The minimum Gasteiger partial charge on any atom is -0.393 e. The minimum absolute atomic E-state index is 0.219. The number of carbonyl (C=O) groups excluding carboxylic acids is 1. The highest BCUT2D eigenvalue weighted by molar-refractivity contribution is 9.09. The van der Waals surface area contributed by atoms with Gasteiger partial charge in [0.05, 0.1) is 28.4 Å². The van der Waals surface area contributed by atoms with Crippen molar-refractivity contribution in [1.29, 1.82) is 0 Å². The molecule has 1 unspecified atom stereocenters. The van der Waals surface area contributed by atoms with Crippen LogP contribution in [0, 0.1) is 6.92 Å². The molecule has 0 aliphatic rings. The van der Waals surface area contributed by atoms with Crippen LogP contribution in [-0.4, -0.2) is 46.8 Å². The zero-order valence-electron chi connectivity index (χ0n) is 18.4. The van der Waals surface area contributed by atoms with Gasteiger partial charge in [-0.15, -0.1) is 0 Å². The van der Waals surface area contributed by atoms with Crippen LogP contribution in [0.25, 0.3) is 22.3 Å². The second kappa shape index (κ2) is 9.72. The Labute approximate surface area is 198 Å². The molecule has 4 aromatic rings. The van der Waals surface area contributed by atoms with Crippen LogP contribution in [0.4, 0.5) is 5.95 Å².